The van der Waals surface area contributed by atoms with E-state index in [1.54, 1.807) is 6.07 Å². The molecule has 0 saturated heterocycles. The molecule has 0 heterocycles. The standard InChI is InChI=1S/C8H8BrClO2S/c1-5-3-7(13(10,11)12)4-8(9)6(5)2/h3-4H,1-2H3. The second kappa shape index (κ2) is 3.59. The van der Waals surface area contributed by atoms with Crippen molar-refractivity contribution in [2.45, 2.75) is 18.7 Å². The maximum absolute atomic E-state index is 11.0. The van der Waals surface area contributed by atoms with Gasteiger partial charge in [-0.15, -0.1) is 0 Å². The van der Waals surface area contributed by atoms with Gasteiger partial charge in [-0.2, -0.15) is 0 Å². The lowest BCUT2D eigenvalue weighted by molar-refractivity contribution is 0.609. The van der Waals surface area contributed by atoms with Gasteiger partial charge < -0.3 is 0 Å². The number of hydrogen-bond donors (Lipinski definition) is 0. The number of hydrogen-bond acceptors (Lipinski definition) is 2. The molecule has 5 heteroatoms. The Hall–Kier alpha value is -0.0600. The van der Waals surface area contributed by atoms with E-state index in [9.17, 15) is 8.42 Å². The van der Waals surface area contributed by atoms with E-state index in [2.05, 4.69) is 15.9 Å². The Bertz CT molecular complexity index is 416. The van der Waals surface area contributed by atoms with Crippen LogP contribution in [0.3, 0.4) is 0 Å². The minimum atomic E-state index is -3.62. The first-order chi connectivity index (χ1) is 5.82. The van der Waals surface area contributed by atoms with Gasteiger partial charge in [0.2, 0.25) is 0 Å². The third-order valence-electron chi connectivity index (χ3n) is 1.86. The van der Waals surface area contributed by atoms with E-state index in [4.69, 9.17) is 10.7 Å². The minimum Gasteiger partial charge on any atom is -0.207 e. The van der Waals surface area contributed by atoms with Crippen LogP contribution in [-0.4, -0.2) is 8.42 Å². The lowest BCUT2D eigenvalue weighted by Crippen LogP contribution is -1.93. The second-order valence-electron chi connectivity index (χ2n) is 2.78. The normalized spacial score (nSPS) is 11.7. The van der Waals surface area contributed by atoms with Crippen molar-refractivity contribution in [2.24, 2.45) is 0 Å². The van der Waals surface area contributed by atoms with Gasteiger partial charge in [0, 0.05) is 15.2 Å². The number of halogens is 2. The highest BCUT2D eigenvalue weighted by Crippen LogP contribution is 2.25. The molecule has 0 amide bonds. The van der Waals surface area contributed by atoms with Crippen LogP contribution in [0, 0.1) is 13.8 Å². The van der Waals surface area contributed by atoms with Gasteiger partial charge in [0.05, 0.1) is 4.90 Å². The summed E-state index contributed by atoms with van der Waals surface area (Å²) >= 11 is 3.27. The molecule has 0 saturated carbocycles. The molecule has 0 unspecified atom stereocenters. The number of rotatable bonds is 1. The second-order valence-corrected chi connectivity index (χ2v) is 6.21. The fraction of sp³-hybridized carbons (Fsp3) is 0.250. The monoisotopic (exact) mass is 282 g/mol. The number of benzene rings is 1. The molecular weight excluding hydrogens is 276 g/mol. The first-order valence-corrected chi connectivity index (χ1v) is 6.64. The molecule has 0 spiro atoms. The SMILES string of the molecule is Cc1cc(S(=O)(=O)Cl)cc(Br)c1C. The van der Waals surface area contributed by atoms with Gasteiger partial charge in [-0.25, -0.2) is 8.42 Å². The Morgan fingerprint density at radius 1 is 1.31 bits per heavy atom. The average molecular weight is 284 g/mol. The molecule has 0 aromatic heterocycles. The lowest BCUT2D eigenvalue weighted by Gasteiger charge is -2.04. The third-order valence-corrected chi connectivity index (χ3v) is 4.02. The van der Waals surface area contributed by atoms with Crippen LogP contribution in [0.2, 0.25) is 0 Å². The van der Waals surface area contributed by atoms with E-state index < -0.39 is 9.05 Å². The van der Waals surface area contributed by atoms with Gasteiger partial charge in [-0.1, -0.05) is 15.9 Å². The van der Waals surface area contributed by atoms with E-state index in [1.165, 1.54) is 6.07 Å². The number of aryl methyl sites for hydroxylation is 1. The largest absolute Gasteiger partial charge is 0.261 e. The third kappa shape index (κ3) is 2.45. The highest BCUT2D eigenvalue weighted by Gasteiger charge is 2.12. The van der Waals surface area contributed by atoms with Crippen LogP contribution in [0.25, 0.3) is 0 Å². The molecule has 2 nitrogen and oxygen atoms in total. The van der Waals surface area contributed by atoms with Crippen molar-refractivity contribution < 1.29 is 8.42 Å². The predicted octanol–water partition coefficient (Wildman–Crippen LogP) is 2.99. The Morgan fingerprint density at radius 3 is 2.23 bits per heavy atom. The topological polar surface area (TPSA) is 34.1 Å². The summed E-state index contributed by atoms with van der Waals surface area (Å²) in [7, 11) is 1.58. The van der Waals surface area contributed by atoms with Crippen LogP contribution < -0.4 is 0 Å². The van der Waals surface area contributed by atoms with Crippen LogP contribution in [0.15, 0.2) is 21.5 Å². The molecule has 0 atom stereocenters. The van der Waals surface area contributed by atoms with Crippen molar-refractivity contribution in [3.05, 3.63) is 27.7 Å². The Kier molecular flexibility index (Phi) is 3.05. The molecule has 0 aliphatic heterocycles. The highest BCUT2D eigenvalue weighted by molar-refractivity contribution is 9.10. The quantitative estimate of drug-likeness (QED) is 0.743. The van der Waals surface area contributed by atoms with Crippen LogP contribution >= 0.6 is 26.6 Å². The predicted molar refractivity (Wildman–Crippen MR) is 56.7 cm³/mol. The van der Waals surface area contributed by atoms with Crippen LogP contribution in [0.5, 0.6) is 0 Å². The molecule has 0 radical (unpaired) electrons. The van der Waals surface area contributed by atoms with Gasteiger partial charge >= 0.3 is 0 Å². The Labute approximate surface area is 90.5 Å². The average Bonchev–Trinajstić information content (AvgIpc) is 1.97. The summed E-state index contributed by atoms with van der Waals surface area (Å²) in [5.41, 5.74) is 1.91. The zero-order valence-corrected chi connectivity index (χ0v) is 10.3. The lowest BCUT2D eigenvalue weighted by atomic mass is 10.1. The maximum atomic E-state index is 11.0. The summed E-state index contributed by atoms with van der Waals surface area (Å²) < 4.78 is 22.7. The molecule has 1 aromatic carbocycles. The molecule has 72 valence electrons. The molecular formula is C8H8BrClO2S. The van der Waals surface area contributed by atoms with Gasteiger partial charge in [-0.3, -0.25) is 0 Å². The van der Waals surface area contributed by atoms with E-state index in [1.807, 2.05) is 13.8 Å². The minimum absolute atomic E-state index is 0.129. The van der Waals surface area contributed by atoms with Crippen molar-refractivity contribution in [1.29, 1.82) is 0 Å². The summed E-state index contributed by atoms with van der Waals surface area (Å²) in [5, 5.41) is 0. The molecule has 1 aromatic rings. The van der Waals surface area contributed by atoms with Crippen molar-refractivity contribution >= 4 is 35.7 Å². The molecule has 0 aliphatic carbocycles. The molecule has 0 fully saturated rings. The van der Waals surface area contributed by atoms with Crippen LogP contribution in [0.4, 0.5) is 0 Å². The van der Waals surface area contributed by atoms with E-state index >= 15 is 0 Å². The van der Waals surface area contributed by atoms with Gasteiger partial charge in [0.15, 0.2) is 0 Å². The first-order valence-electron chi connectivity index (χ1n) is 3.54. The van der Waals surface area contributed by atoms with Gasteiger partial charge in [0.1, 0.15) is 0 Å². The fourth-order valence-electron chi connectivity index (χ4n) is 0.926. The first kappa shape index (κ1) is 11.0. The van der Waals surface area contributed by atoms with Crippen molar-refractivity contribution in [3.8, 4) is 0 Å². The molecule has 0 aliphatic rings. The van der Waals surface area contributed by atoms with Crippen LogP contribution in [0.1, 0.15) is 11.1 Å². The summed E-state index contributed by atoms with van der Waals surface area (Å²) in [4.78, 5) is 0.129. The highest BCUT2D eigenvalue weighted by atomic mass is 79.9. The van der Waals surface area contributed by atoms with Crippen molar-refractivity contribution in [1.82, 2.24) is 0 Å². The van der Waals surface area contributed by atoms with E-state index in [0.717, 1.165) is 15.6 Å². The summed E-state index contributed by atoms with van der Waals surface area (Å²) in [6.07, 6.45) is 0. The summed E-state index contributed by atoms with van der Waals surface area (Å²) in [6, 6.07) is 3.06. The van der Waals surface area contributed by atoms with Gasteiger partial charge in [0.25, 0.3) is 9.05 Å². The fourth-order valence-corrected chi connectivity index (χ4v) is 2.48. The maximum Gasteiger partial charge on any atom is 0.261 e. The Morgan fingerprint density at radius 2 is 1.85 bits per heavy atom. The van der Waals surface area contributed by atoms with E-state index in [-0.39, 0.29) is 4.90 Å². The van der Waals surface area contributed by atoms with E-state index in [0.29, 0.717) is 0 Å². The molecule has 0 bridgehead atoms. The van der Waals surface area contributed by atoms with Crippen molar-refractivity contribution in [2.75, 3.05) is 0 Å². The zero-order valence-electron chi connectivity index (χ0n) is 7.14. The Balaban J connectivity index is 3.47. The van der Waals surface area contributed by atoms with Crippen molar-refractivity contribution in [3.63, 3.8) is 0 Å². The molecule has 13 heavy (non-hydrogen) atoms. The zero-order chi connectivity index (χ0) is 10.2. The molecule has 0 N–H and O–H groups in total. The summed E-state index contributed by atoms with van der Waals surface area (Å²) in [6.45, 7) is 3.75. The van der Waals surface area contributed by atoms with Gasteiger partial charge in [-0.05, 0) is 37.1 Å². The molecule has 1 rings (SSSR count). The smallest absolute Gasteiger partial charge is 0.207 e. The summed E-state index contributed by atoms with van der Waals surface area (Å²) in [5.74, 6) is 0. The van der Waals surface area contributed by atoms with Crippen LogP contribution in [-0.2, 0) is 9.05 Å².